The molecule has 256 valence electrons. The van der Waals surface area contributed by atoms with Crippen LogP contribution in [0.15, 0.2) is 42.5 Å². The molecule has 0 aliphatic carbocycles. The molecule has 0 atom stereocenters. The number of imidazole rings is 1. The third-order valence-electron chi connectivity index (χ3n) is 8.25. The monoisotopic (exact) mass is 730 g/mol. The first kappa shape index (κ1) is 35.5. The highest BCUT2D eigenvalue weighted by Gasteiger charge is 2.41. The van der Waals surface area contributed by atoms with Gasteiger partial charge in [0.15, 0.2) is 5.67 Å². The Labute approximate surface area is 287 Å². The summed E-state index contributed by atoms with van der Waals surface area (Å²) in [6, 6.07) is 10.0. The zero-order chi connectivity index (χ0) is 35.3. The van der Waals surface area contributed by atoms with Gasteiger partial charge in [-0.3, -0.25) is 14.5 Å². The lowest BCUT2D eigenvalue weighted by molar-refractivity contribution is -0.179. The molecule has 1 aliphatic rings. The number of aromatic nitrogens is 2. The normalized spacial score (nSPS) is 14.4. The van der Waals surface area contributed by atoms with E-state index in [9.17, 15) is 31.5 Å². The number of fused-ring (bicyclic) bond motifs is 1. The Hall–Kier alpha value is -3.81. The third kappa shape index (κ3) is 6.99. The maximum atomic E-state index is 14.3. The van der Waals surface area contributed by atoms with Crippen LogP contribution in [0.5, 0.6) is 0 Å². The number of carbonyl (C=O) groups excluding carboxylic acids is 2. The molecule has 48 heavy (non-hydrogen) atoms. The van der Waals surface area contributed by atoms with Crippen LogP contribution in [0.2, 0.25) is 15.1 Å². The molecular weight excluding hydrogens is 702 g/mol. The highest BCUT2D eigenvalue weighted by atomic mass is 35.5. The highest BCUT2D eigenvalue weighted by Crippen LogP contribution is 2.46. The molecule has 0 spiro atoms. The van der Waals surface area contributed by atoms with Crippen LogP contribution in [0, 0.1) is 11.7 Å². The van der Waals surface area contributed by atoms with E-state index in [0.29, 0.717) is 22.3 Å². The Bertz CT molecular complexity index is 1900. The van der Waals surface area contributed by atoms with Gasteiger partial charge in [-0.05, 0) is 68.7 Å². The number of primary amides is 1. The molecule has 0 unspecified atom stereocenters. The number of carbonyl (C=O) groups is 2. The van der Waals surface area contributed by atoms with Crippen molar-refractivity contribution in [3.8, 4) is 0 Å². The number of nitrogens with zero attached hydrogens (tertiary/aromatic N) is 4. The van der Waals surface area contributed by atoms with Gasteiger partial charge in [0.2, 0.25) is 5.95 Å². The number of amides is 2. The quantitative estimate of drug-likeness (QED) is 0.178. The SMILES string of the molecule is Cn1c(N(c2ccc(F)c(Cl)c2)c2c(Cl)ccc(CNC(=O)C(C)(C)F)c2Cl)nc2cc(C(N)=O)c(N3CCC(C(F)(F)F)CC3)cc21. The molecule has 0 bridgehead atoms. The van der Waals surface area contributed by atoms with Crippen LogP contribution in [0.25, 0.3) is 11.0 Å². The number of aryl methyl sites for hydroxylation is 1. The molecule has 16 heteroatoms. The highest BCUT2D eigenvalue weighted by molar-refractivity contribution is 6.40. The van der Waals surface area contributed by atoms with E-state index in [0.717, 1.165) is 19.9 Å². The number of piperidine rings is 1. The summed E-state index contributed by atoms with van der Waals surface area (Å²) < 4.78 is 70.3. The number of anilines is 4. The summed E-state index contributed by atoms with van der Waals surface area (Å²) in [7, 11) is 1.65. The Balaban J connectivity index is 1.66. The molecule has 0 radical (unpaired) electrons. The fourth-order valence-corrected chi connectivity index (χ4v) is 6.38. The number of alkyl halides is 4. The maximum absolute atomic E-state index is 14.3. The van der Waals surface area contributed by atoms with Gasteiger partial charge in [0.25, 0.3) is 11.8 Å². The van der Waals surface area contributed by atoms with Crippen molar-refractivity contribution in [1.82, 2.24) is 14.9 Å². The van der Waals surface area contributed by atoms with E-state index in [-0.39, 0.29) is 70.4 Å². The van der Waals surface area contributed by atoms with Crippen molar-refractivity contribution < 1.29 is 31.5 Å². The minimum Gasteiger partial charge on any atom is -0.371 e. The summed E-state index contributed by atoms with van der Waals surface area (Å²) in [5.41, 5.74) is 5.58. The van der Waals surface area contributed by atoms with E-state index in [1.807, 2.05) is 0 Å². The van der Waals surface area contributed by atoms with Gasteiger partial charge < -0.3 is 20.5 Å². The van der Waals surface area contributed by atoms with Gasteiger partial charge in [-0.15, -0.1) is 0 Å². The number of halogens is 8. The summed E-state index contributed by atoms with van der Waals surface area (Å²) in [4.78, 5) is 32.8. The van der Waals surface area contributed by atoms with Crippen LogP contribution in [-0.4, -0.2) is 46.3 Å². The first-order valence-electron chi connectivity index (χ1n) is 14.7. The predicted molar refractivity (Wildman–Crippen MR) is 177 cm³/mol. The fraction of sp³-hybridized carbons (Fsp3) is 0.344. The topological polar surface area (TPSA) is 96.5 Å². The molecule has 8 nitrogen and oxygen atoms in total. The molecule has 4 aromatic rings. The molecule has 1 aliphatic heterocycles. The maximum Gasteiger partial charge on any atom is 0.391 e. The zero-order valence-corrected chi connectivity index (χ0v) is 28.1. The Morgan fingerprint density at radius 2 is 1.69 bits per heavy atom. The van der Waals surface area contributed by atoms with Crippen molar-refractivity contribution in [2.75, 3.05) is 22.9 Å². The molecule has 2 amide bonds. The first-order chi connectivity index (χ1) is 22.4. The fourth-order valence-electron chi connectivity index (χ4n) is 5.60. The van der Waals surface area contributed by atoms with Crippen molar-refractivity contribution in [3.05, 3.63) is 74.5 Å². The molecule has 1 fully saturated rings. The van der Waals surface area contributed by atoms with Crippen LogP contribution < -0.4 is 20.9 Å². The molecule has 1 saturated heterocycles. The standard InChI is InChI=1S/C32H30Cl3F5N6O2/c1-31(2,37)29(48)42-15-16-4-6-20(33)27(26(16)35)46(18-5-7-22(36)21(34)12-18)30-43-23-13-19(28(41)47)24(14-25(23)44(30)3)45-10-8-17(9-11-45)32(38,39)40/h4-7,12-14,17H,8-11,15H2,1-3H3,(H2,41,47)(H,42,48). The van der Waals surface area contributed by atoms with Crippen LogP contribution in [0.3, 0.4) is 0 Å². The first-order valence-corrected chi connectivity index (χ1v) is 15.8. The van der Waals surface area contributed by atoms with Crippen molar-refractivity contribution >= 4 is 80.7 Å². The summed E-state index contributed by atoms with van der Waals surface area (Å²) >= 11 is 19.8. The smallest absolute Gasteiger partial charge is 0.371 e. The minimum absolute atomic E-state index is 0.0506. The van der Waals surface area contributed by atoms with E-state index in [4.69, 9.17) is 45.5 Å². The minimum atomic E-state index is -4.32. The van der Waals surface area contributed by atoms with E-state index in [1.165, 1.54) is 29.2 Å². The second-order valence-corrected chi connectivity index (χ2v) is 13.1. The molecular formula is C32H30Cl3F5N6O2. The van der Waals surface area contributed by atoms with Gasteiger partial charge in [-0.25, -0.2) is 13.8 Å². The second kappa shape index (κ2) is 13.2. The third-order valence-corrected chi connectivity index (χ3v) is 9.27. The van der Waals surface area contributed by atoms with Gasteiger partial charge in [-0.2, -0.15) is 13.2 Å². The summed E-state index contributed by atoms with van der Waals surface area (Å²) in [6.07, 6.45) is -4.61. The van der Waals surface area contributed by atoms with Crippen LogP contribution in [0.4, 0.5) is 45.0 Å². The summed E-state index contributed by atoms with van der Waals surface area (Å²) in [6.45, 7) is 2.17. The Morgan fingerprint density at radius 1 is 1.02 bits per heavy atom. The van der Waals surface area contributed by atoms with Gasteiger partial charge in [0.05, 0.1) is 54.6 Å². The number of nitrogens with two attached hydrogens (primary N) is 1. The van der Waals surface area contributed by atoms with Crippen LogP contribution in [-0.2, 0) is 18.4 Å². The number of nitrogens with one attached hydrogen (secondary N) is 1. The van der Waals surface area contributed by atoms with Crippen LogP contribution in [0.1, 0.15) is 42.6 Å². The van der Waals surface area contributed by atoms with E-state index >= 15 is 0 Å². The molecule has 3 aromatic carbocycles. The zero-order valence-electron chi connectivity index (χ0n) is 25.9. The number of benzene rings is 3. The Morgan fingerprint density at radius 3 is 2.27 bits per heavy atom. The second-order valence-electron chi connectivity index (χ2n) is 12.0. The van der Waals surface area contributed by atoms with Gasteiger partial charge in [0, 0.05) is 26.7 Å². The Kier molecular flexibility index (Phi) is 9.79. The van der Waals surface area contributed by atoms with Crippen LogP contribution >= 0.6 is 34.8 Å². The molecule has 3 N–H and O–H groups in total. The largest absolute Gasteiger partial charge is 0.391 e. The summed E-state index contributed by atoms with van der Waals surface area (Å²) in [5, 5.41) is 2.45. The number of hydrogen-bond acceptors (Lipinski definition) is 5. The molecule has 5 rings (SSSR count). The lowest BCUT2D eigenvalue weighted by Gasteiger charge is -2.35. The summed E-state index contributed by atoms with van der Waals surface area (Å²) in [5.74, 6) is -3.63. The van der Waals surface area contributed by atoms with E-state index < -0.39 is 35.4 Å². The molecule has 0 saturated carbocycles. The lowest BCUT2D eigenvalue weighted by atomic mass is 9.95. The lowest BCUT2D eigenvalue weighted by Crippen LogP contribution is -2.39. The van der Waals surface area contributed by atoms with Gasteiger partial charge in [-0.1, -0.05) is 40.9 Å². The van der Waals surface area contributed by atoms with Gasteiger partial charge >= 0.3 is 6.18 Å². The van der Waals surface area contributed by atoms with E-state index in [1.54, 1.807) is 28.6 Å². The molecule has 2 heterocycles. The van der Waals surface area contributed by atoms with Crippen molar-refractivity contribution in [3.63, 3.8) is 0 Å². The van der Waals surface area contributed by atoms with Gasteiger partial charge in [0.1, 0.15) is 5.82 Å². The van der Waals surface area contributed by atoms with E-state index in [2.05, 4.69) is 5.32 Å². The van der Waals surface area contributed by atoms with Crippen molar-refractivity contribution in [2.45, 2.75) is 45.1 Å². The van der Waals surface area contributed by atoms with Crippen molar-refractivity contribution in [1.29, 1.82) is 0 Å². The average molecular weight is 732 g/mol. The van der Waals surface area contributed by atoms with Crippen molar-refractivity contribution in [2.24, 2.45) is 18.7 Å². The number of rotatable bonds is 8. The average Bonchev–Trinajstić information content (AvgIpc) is 3.33. The predicted octanol–water partition coefficient (Wildman–Crippen LogP) is 8.38. The number of hydrogen-bond donors (Lipinski definition) is 2. The molecule has 1 aromatic heterocycles.